The fourth-order valence-corrected chi connectivity index (χ4v) is 1.74. The molecule has 5 heteroatoms. The first kappa shape index (κ1) is 14.6. The number of urea groups is 1. The molecule has 0 aliphatic carbocycles. The van der Waals surface area contributed by atoms with Gasteiger partial charge in [0.25, 0.3) is 0 Å². The number of amides is 2. The second-order valence-electron chi connectivity index (χ2n) is 3.83. The van der Waals surface area contributed by atoms with Crippen LogP contribution in [0.2, 0.25) is 0 Å². The molecule has 0 aromatic rings. The van der Waals surface area contributed by atoms with Crippen LogP contribution in [0.4, 0.5) is 4.79 Å². The molecular weight excluding hydrogens is 212 g/mol. The van der Waals surface area contributed by atoms with E-state index in [1.807, 2.05) is 20.1 Å². The van der Waals surface area contributed by atoms with Gasteiger partial charge in [-0.3, -0.25) is 0 Å². The number of aliphatic hydroxyl groups is 1. The highest BCUT2D eigenvalue weighted by atomic mass is 32.2. The van der Waals surface area contributed by atoms with Crippen molar-refractivity contribution >= 4 is 17.8 Å². The Morgan fingerprint density at radius 3 is 2.67 bits per heavy atom. The first-order valence-electron chi connectivity index (χ1n) is 5.24. The van der Waals surface area contributed by atoms with Crippen LogP contribution in [-0.2, 0) is 0 Å². The largest absolute Gasteiger partial charge is 0.396 e. The van der Waals surface area contributed by atoms with E-state index in [1.165, 1.54) is 0 Å². The van der Waals surface area contributed by atoms with E-state index < -0.39 is 0 Å². The van der Waals surface area contributed by atoms with Crippen molar-refractivity contribution < 1.29 is 9.90 Å². The van der Waals surface area contributed by atoms with E-state index in [9.17, 15) is 4.79 Å². The number of nitrogens with one attached hydrogen (secondary N) is 2. The van der Waals surface area contributed by atoms with Gasteiger partial charge in [-0.25, -0.2) is 4.79 Å². The number of carbonyl (C=O) groups is 1. The van der Waals surface area contributed by atoms with Gasteiger partial charge in [-0.1, -0.05) is 6.92 Å². The van der Waals surface area contributed by atoms with Crippen molar-refractivity contribution in [3.8, 4) is 0 Å². The zero-order valence-electron chi connectivity index (χ0n) is 9.75. The Morgan fingerprint density at radius 1 is 1.47 bits per heavy atom. The molecule has 2 unspecified atom stereocenters. The first-order chi connectivity index (χ1) is 7.10. The zero-order valence-corrected chi connectivity index (χ0v) is 10.6. The number of carbonyl (C=O) groups excluding carboxylic acids is 1. The van der Waals surface area contributed by atoms with Crippen LogP contribution >= 0.6 is 11.8 Å². The molecule has 0 saturated heterocycles. The molecule has 0 fully saturated rings. The highest BCUT2D eigenvalue weighted by molar-refractivity contribution is 7.98. The Bertz CT molecular complexity index is 179. The molecule has 0 spiro atoms. The molecule has 0 radical (unpaired) electrons. The number of rotatable bonds is 7. The molecule has 0 aliphatic heterocycles. The van der Waals surface area contributed by atoms with E-state index in [1.54, 1.807) is 11.8 Å². The normalized spacial score (nSPS) is 14.4. The fourth-order valence-electron chi connectivity index (χ4n) is 1.16. The Balaban J connectivity index is 3.56. The highest BCUT2D eigenvalue weighted by Gasteiger charge is 2.07. The van der Waals surface area contributed by atoms with Crippen molar-refractivity contribution in [1.82, 2.24) is 10.6 Å². The molecule has 0 saturated carbocycles. The van der Waals surface area contributed by atoms with Gasteiger partial charge in [0, 0.05) is 24.9 Å². The maximum atomic E-state index is 11.3. The minimum absolute atomic E-state index is 0.124. The quantitative estimate of drug-likeness (QED) is 0.617. The molecule has 2 atom stereocenters. The topological polar surface area (TPSA) is 61.4 Å². The van der Waals surface area contributed by atoms with Crippen LogP contribution in [0.15, 0.2) is 0 Å². The molecule has 90 valence electrons. The summed E-state index contributed by atoms with van der Waals surface area (Å²) in [5, 5.41) is 14.3. The van der Waals surface area contributed by atoms with Gasteiger partial charge in [-0.05, 0) is 25.5 Å². The first-order valence-corrected chi connectivity index (χ1v) is 6.63. The Kier molecular flexibility index (Phi) is 8.61. The summed E-state index contributed by atoms with van der Waals surface area (Å²) in [5.74, 6) is 1.23. The summed E-state index contributed by atoms with van der Waals surface area (Å²) in [5.41, 5.74) is 0. The van der Waals surface area contributed by atoms with Crippen LogP contribution in [-0.4, -0.2) is 42.3 Å². The lowest BCUT2D eigenvalue weighted by Crippen LogP contribution is -2.43. The summed E-state index contributed by atoms with van der Waals surface area (Å²) in [4.78, 5) is 11.3. The lowest BCUT2D eigenvalue weighted by Gasteiger charge is -2.15. The predicted molar refractivity (Wildman–Crippen MR) is 65.2 cm³/mol. The van der Waals surface area contributed by atoms with Gasteiger partial charge in [0.1, 0.15) is 0 Å². The van der Waals surface area contributed by atoms with Crippen molar-refractivity contribution in [2.24, 2.45) is 5.92 Å². The number of aliphatic hydroxyl groups excluding tert-OH is 1. The molecular formula is C10H22N2O2S. The molecule has 4 nitrogen and oxygen atoms in total. The molecule has 0 bridgehead atoms. The summed E-state index contributed by atoms with van der Waals surface area (Å²) < 4.78 is 0. The maximum Gasteiger partial charge on any atom is 0.315 e. The van der Waals surface area contributed by atoms with Gasteiger partial charge in [0.15, 0.2) is 0 Å². The summed E-state index contributed by atoms with van der Waals surface area (Å²) in [6, 6.07) is 0.0643. The molecule has 15 heavy (non-hydrogen) atoms. The summed E-state index contributed by atoms with van der Waals surface area (Å²) in [6.07, 6.45) is 2.74. The van der Waals surface area contributed by atoms with Crippen molar-refractivity contribution in [2.75, 3.05) is 25.2 Å². The van der Waals surface area contributed by atoms with Crippen molar-refractivity contribution in [3.05, 3.63) is 0 Å². The van der Waals surface area contributed by atoms with Crippen LogP contribution in [0.25, 0.3) is 0 Å². The van der Waals surface area contributed by atoms with Gasteiger partial charge in [-0.15, -0.1) is 0 Å². The minimum atomic E-state index is -0.124. The Hall–Kier alpha value is -0.420. The van der Waals surface area contributed by atoms with Gasteiger partial charge < -0.3 is 15.7 Å². The van der Waals surface area contributed by atoms with Gasteiger partial charge in [-0.2, -0.15) is 11.8 Å². The summed E-state index contributed by atoms with van der Waals surface area (Å²) in [7, 11) is 0. The Labute approximate surface area is 96.2 Å². The molecule has 0 aliphatic rings. The van der Waals surface area contributed by atoms with Gasteiger partial charge in [0.05, 0.1) is 0 Å². The molecule has 3 N–H and O–H groups in total. The fraction of sp³-hybridized carbons (Fsp3) is 0.900. The van der Waals surface area contributed by atoms with Crippen LogP contribution in [0.3, 0.4) is 0 Å². The minimum Gasteiger partial charge on any atom is -0.396 e. The molecule has 0 rings (SSSR count). The SMILES string of the molecule is CSCC(C)NC(=O)NCC(C)CCO. The second-order valence-corrected chi connectivity index (χ2v) is 4.74. The zero-order chi connectivity index (χ0) is 11.7. The van der Waals surface area contributed by atoms with E-state index in [0.717, 1.165) is 12.2 Å². The monoisotopic (exact) mass is 234 g/mol. The molecule has 0 aromatic heterocycles. The van der Waals surface area contributed by atoms with Crippen molar-refractivity contribution in [1.29, 1.82) is 0 Å². The third-order valence-corrected chi connectivity index (χ3v) is 2.86. The Morgan fingerprint density at radius 2 is 2.13 bits per heavy atom. The lowest BCUT2D eigenvalue weighted by molar-refractivity contribution is 0.232. The molecule has 2 amide bonds. The van der Waals surface area contributed by atoms with Crippen LogP contribution in [0.1, 0.15) is 20.3 Å². The average Bonchev–Trinajstić information content (AvgIpc) is 2.15. The third-order valence-electron chi connectivity index (χ3n) is 2.03. The van der Waals surface area contributed by atoms with E-state index in [0.29, 0.717) is 12.5 Å². The second kappa shape index (κ2) is 8.85. The lowest BCUT2D eigenvalue weighted by atomic mass is 10.1. The van der Waals surface area contributed by atoms with E-state index >= 15 is 0 Å². The standard InChI is InChI=1S/C10H22N2O2S/c1-8(4-5-13)6-11-10(14)12-9(2)7-15-3/h8-9,13H,4-7H2,1-3H3,(H2,11,12,14). The number of hydrogen-bond donors (Lipinski definition) is 3. The van der Waals surface area contributed by atoms with Crippen molar-refractivity contribution in [3.63, 3.8) is 0 Å². The molecule has 0 aromatic carbocycles. The van der Waals surface area contributed by atoms with Crippen LogP contribution in [0.5, 0.6) is 0 Å². The van der Waals surface area contributed by atoms with Crippen LogP contribution < -0.4 is 10.6 Å². The van der Waals surface area contributed by atoms with Crippen molar-refractivity contribution in [2.45, 2.75) is 26.3 Å². The maximum absolute atomic E-state index is 11.3. The molecule has 0 heterocycles. The van der Waals surface area contributed by atoms with Crippen LogP contribution in [0, 0.1) is 5.92 Å². The smallest absolute Gasteiger partial charge is 0.315 e. The van der Waals surface area contributed by atoms with Gasteiger partial charge in [0.2, 0.25) is 0 Å². The number of hydrogen-bond acceptors (Lipinski definition) is 3. The highest BCUT2D eigenvalue weighted by Crippen LogP contribution is 1.98. The van der Waals surface area contributed by atoms with E-state index in [2.05, 4.69) is 10.6 Å². The van der Waals surface area contributed by atoms with E-state index in [4.69, 9.17) is 5.11 Å². The summed E-state index contributed by atoms with van der Waals surface area (Å²) in [6.45, 7) is 4.76. The third kappa shape index (κ3) is 8.57. The van der Waals surface area contributed by atoms with Gasteiger partial charge >= 0.3 is 6.03 Å². The summed E-state index contributed by atoms with van der Waals surface area (Å²) >= 11 is 1.71. The number of thioether (sulfide) groups is 1. The van der Waals surface area contributed by atoms with E-state index in [-0.39, 0.29) is 18.7 Å². The predicted octanol–water partition coefficient (Wildman–Crippen LogP) is 1.06. The average molecular weight is 234 g/mol.